The summed E-state index contributed by atoms with van der Waals surface area (Å²) in [6.07, 6.45) is 0.710. The van der Waals surface area contributed by atoms with Crippen molar-refractivity contribution in [3.8, 4) is 0 Å². The molecule has 1 heterocycles. The maximum absolute atomic E-state index is 13.4. The molecular formula is C21H22FN3O4. The number of carbonyl (C=O) groups is 3. The summed E-state index contributed by atoms with van der Waals surface area (Å²) in [5, 5.41) is 5.01. The molecule has 1 aliphatic rings. The van der Waals surface area contributed by atoms with E-state index in [1.807, 2.05) is 0 Å². The van der Waals surface area contributed by atoms with Crippen molar-refractivity contribution < 1.29 is 23.5 Å². The maximum Gasteiger partial charge on any atom is 0.313 e. The second-order valence-electron chi connectivity index (χ2n) is 6.64. The second kappa shape index (κ2) is 9.29. The molecule has 1 aliphatic heterocycles. The topological polar surface area (TPSA) is 87.7 Å². The van der Waals surface area contributed by atoms with Crippen LogP contribution >= 0.6 is 0 Å². The molecule has 0 unspecified atom stereocenters. The number of nitrogens with one attached hydrogen (secondary N) is 2. The molecule has 3 rings (SSSR count). The summed E-state index contributed by atoms with van der Waals surface area (Å²) in [4.78, 5) is 37.9. The Labute approximate surface area is 167 Å². The van der Waals surface area contributed by atoms with Crippen LogP contribution in [-0.2, 0) is 19.1 Å². The van der Waals surface area contributed by atoms with Gasteiger partial charge < -0.3 is 20.3 Å². The van der Waals surface area contributed by atoms with Gasteiger partial charge in [0.15, 0.2) is 0 Å². The van der Waals surface area contributed by atoms with E-state index in [1.54, 1.807) is 41.3 Å². The number of hydrogen-bond acceptors (Lipinski definition) is 4. The van der Waals surface area contributed by atoms with Gasteiger partial charge in [0.2, 0.25) is 5.91 Å². The normalized spacial score (nSPS) is 14.6. The first-order valence-electron chi connectivity index (χ1n) is 9.26. The minimum Gasteiger partial charge on any atom is -0.375 e. The number of hydrogen-bond donors (Lipinski definition) is 2. The first-order valence-corrected chi connectivity index (χ1v) is 9.26. The standard InChI is InChI=1S/C21H22FN3O4/c1-29-18(14-5-2-6-15(22)11-14)13-23-20(27)21(28)24-16-7-3-8-17(12-16)25-10-4-9-19(25)26/h2-3,5-8,11-12,18H,4,9-10,13H2,1H3,(H,23,27)(H,24,28)/t18-/m1/s1. The Balaban J connectivity index is 1.58. The van der Waals surface area contributed by atoms with E-state index in [1.165, 1.54) is 19.2 Å². The largest absolute Gasteiger partial charge is 0.375 e. The van der Waals surface area contributed by atoms with Crippen molar-refractivity contribution in [2.24, 2.45) is 0 Å². The van der Waals surface area contributed by atoms with Gasteiger partial charge in [-0.25, -0.2) is 4.39 Å². The van der Waals surface area contributed by atoms with E-state index in [9.17, 15) is 18.8 Å². The molecule has 152 valence electrons. The smallest absolute Gasteiger partial charge is 0.313 e. The predicted octanol–water partition coefficient (Wildman–Crippen LogP) is 2.39. The van der Waals surface area contributed by atoms with Crippen LogP contribution in [0.25, 0.3) is 0 Å². The van der Waals surface area contributed by atoms with Crippen molar-refractivity contribution in [3.63, 3.8) is 0 Å². The first kappa shape index (κ1) is 20.5. The molecule has 29 heavy (non-hydrogen) atoms. The summed E-state index contributed by atoms with van der Waals surface area (Å²) in [6, 6.07) is 12.6. The van der Waals surface area contributed by atoms with Gasteiger partial charge in [0.1, 0.15) is 5.82 Å². The van der Waals surface area contributed by atoms with E-state index < -0.39 is 23.7 Å². The molecular weight excluding hydrogens is 377 g/mol. The number of nitrogens with zero attached hydrogens (tertiary/aromatic N) is 1. The van der Waals surface area contributed by atoms with E-state index in [4.69, 9.17) is 4.74 Å². The third-order valence-electron chi connectivity index (χ3n) is 4.65. The molecule has 0 radical (unpaired) electrons. The van der Waals surface area contributed by atoms with Gasteiger partial charge >= 0.3 is 11.8 Å². The van der Waals surface area contributed by atoms with Crippen LogP contribution in [0.4, 0.5) is 15.8 Å². The van der Waals surface area contributed by atoms with Crippen LogP contribution in [0.2, 0.25) is 0 Å². The van der Waals surface area contributed by atoms with Gasteiger partial charge in [0.05, 0.1) is 6.10 Å². The van der Waals surface area contributed by atoms with Crippen LogP contribution in [0.5, 0.6) is 0 Å². The van der Waals surface area contributed by atoms with E-state index in [0.29, 0.717) is 29.9 Å². The van der Waals surface area contributed by atoms with Crippen LogP contribution in [-0.4, -0.2) is 37.9 Å². The van der Waals surface area contributed by atoms with Crippen molar-refractivity contribution in [3.05, 3.63) is 59.9 Å². The van der Waals surface area contributed by atoms with Gasteiger partial charge in [0.25, 0.3) is 0 Å². The fraction of sp³-hybridized carbons (Fsp3) is 0.286. The fourth-order valence-corrected chi connectivity index (χ4v) is 3.17. The SMILES string of the molecule is CO[C@H](CNC(=O)C(=O)Nc1cccc(N2CCCC2=O)c1)c1cccc(F)c1. The Morgan fingerprint density at radius 2 is 1.97 bits per heavy atom. The number of anilines is 2. The van der Waals surface area contributed by atoms with Crippen molar-refractivity contribution in [2.45, 2.75) is 18.9 Å². The van der Waals surface area contributed by atoms with Crippen molar-refractivity contribution in [2.75, 3.05) is 30.4 Å². The highest BCUT2D eigenvalue weighted by Gasteiger charge is 2.22. The molecule has 7 nitrogen and oxygen atoms in total. The molecule has 0 bridgehead atoms. The molecule has 2 N–H and O–H groups in total. The highest BCUT2D eigenvalue weighted by atomic mass is 19.1. The third kappa shape index (κ3) is 5.17. The minimum atomic E-state index is -0.844. The number of halogens is 1. The molecule has 0 saturated carbocycles. The van der Waals surface area contributed by atoms with E-state index in [0.717, 1.165) is 6.42 Å². The molecule has 1 atom stereocenters. The lowest BCUT2D eigenvalue weighted by molar-refractivity contribution is -0.136. The highest BCUT2D eigenvalue weighted by Crippen LogP contribution is 2.24. The second-order valence-corrected chi connectivity index (χ2v) is 6.64. The van der Waals surface area contributed by atoms with E-state index in [-0.39, 0.29) is 12.5 Å². The monoisotopic (exact) mass is 399 g/mol. The number of methoxy groups -OCH3 is 1. The van der Waals surface area contributed by atoms with Gasteiger partial charge in [-0.2, -0.15) is 0 Å². The first-order chi connectivity index (χ1) is 14.0. The van der Waals surface area contributed by atoms with E-state index in [2.05, 4.69) is 10.6 Å². The van der Waals surface area contributed by atoms with Crippen molar-refractivity contribution >= 4 is 29.1 Å². The Morgan fingerprint density at radius 3 is 2.66 bits per heavy atom. The number of amides is 3. The lowest BCUT2D eigenvalue weighted by Crippen LogP contribution is -2.38. The Kier molecular flexibility index (Phi) is 6.56. The highest BCUT2D eigenvalue weighted by molar-refractivity contribution is 6.39. The van der Waals surface area contributed by atoms with Gasteiger partial charge in [-0.3, -0.25) is 14.4 Å². The van der Waals surface area contributed by atoms with Gasteiger partial charge in [-0.05, 0) is 42.3 Å². The quantitative estimate of drug-likeness (QED) is 0.731. The van der Waals surface area contributed by atoms with E-state index >= 15 is 0 Å². The zero-order chi connectivity index (χ0) is 20.8. The Hall–Kier alpha value is -3.26. The molecule has 0 aliphatic carbocycles. The number of rotatable bonds is 6. The summed E-state index contributed by atoms with van der Waals surface area (Å²) in [5.74, 6) is -2.06. The number of carbonyl (C=O) groups excluding carboxylic acids is 3. The number of ether oxygens (including phenoxy) is 1. The van der Waals surface area contributed by atoms with Gasteiger partial charge in [-0.15, -0.1) is 0 Å². The van der Waals surface area contributed by atoms with Gasteiger partial charge in [0, 0.05) is 38.0 Å². The van der Waals surface area contributed by atoms with Crippen molar-refractivity contribution in [1.29, 1.82) is 0 Å². The maximum atomic E-state index is 13.4. The molecule has 3 amide bonds. The lowest BCUT2D eigenvalue weighted by atomic mass is 10.1. The molecule has 8 heteroatoms. The van der Waals surface area contributed by atoms with Crippen LogP contribution in [0.15, 0.2) is 48.5 Å². The summed E-state index contributed by atoms with van der Waals surface area (Å²) in [6.45, 7) is 0.643. The zero-order valence-electron chi connectivity index (χ0n) is 16.0. The Morgan fingerprint density at radius 1 is 1.17 bits per heavy atom. The zero-order valence-corrected chi connectivity index (χ0v) is 16.0. The molecule has 0 aromatic heterocycles. The Bertz CT molecular complexity index is 918. The lowest BCUT2D eigenvalue weighted by Gasteiger charge is -2.17. The van der Waals surface area contributed by atoms with Crippen LogP contribution in [0, 0.1) is 5.82 Å². The third-order valence-corrected chi connectivity index (χ3v) is 4.65. The molecule has 0 spiro atoms. The van der Waals surface area contributed by atoms with Crippen molar-refractivity contribution in [1.82, 2.24) is 5.32 Å². The molecule has 2 aromatic rings. The summed E-state index contributed by atoms with van der Waals surface area (Å²) < 4.78 is 18.6. The van der Waals surface area contributed by atoms with Gasteiger partial charge in [-0.1, -0.05) is 18.2 Å². The van der Waals surface area contributed by atoms with Crippen LogP contribution in [0.3, 0.4) is 0 Å². The molecule has 1 fully saturated rings. The van der Waals surface area contributed by atoms with Crippen LogP contribution < -0.4 is 15.5 Å². The molecule has 1 saturated heterocycles. The predicted molar refractivity (Wildman–Crippen MR) is 106 cm³/mol. The summed E-state index contributed by atoms with van der Waals surface area (Å²) in [5.41, 5.74) is 1.64. The molecule has 2 aromatic carbocycles. The summed E-state index contributed by atoms with van der Waals surface area (Å²) >= 11 is 0. The van der Waals surface area contributed by atoms with Crippen LogP contribution in [0.1, 0.15) is 24.5 Å². The number of benzene rings is 2. The average molecular weight is 399 g/mol. The summed E-state index contributed by atoms with van der Waals surface area (Å²) in [7, 11) is 1.44. The minimum absolute atomic E-state index is 0.00846. The fourth-order valence-electron chi connectivity index (χ4n) is 3.17. The average Bonchev–Trinajstić information content (AvgIpc) is 3.14.